The van der Waals surface area contributed by atoms with Crippen LogP contribution in [-0.4, -0.2) is 41.8 Å². The van der Waals surface area contributed by atoms with Gasteiger partial charge in [0.25, 0.3) is 0 Å². The van der Waals surface area contributed by atoms with E-state index in [1.165, 1.54) is 0 Å². The Labute approximate surface area is 109 Å². The Balaban J connectivity index is 2.63. The van der Waals surface area contributed by atoms with E-state index < -0.39 is 0 Å². The van der Waals surface area contributed by atoms with E-state index in [4.69, 9.17) is 5.21 Å². The predicted octanol–water partition coefficient (Wildman–Crippen LogP) is 2.33. The first kappa shape index (κ1) is 14.7. The molecule has 0 aliphatic rings. The van der Waals surface area contributed by atoms with Gasteiger partial charge in [-0.05, 0) is 52.5 Å². The third-order valence-electron chi connectivity index (χ3n) is 2.98. The molecule has 5 heteroatoms. The van der Waals surface area contributed by atoms with Crippen LogP contribution in [0.1, 0.15) is 25.5 Å². The van der Waals surface area contributed by atoms with E-state index in [0.29, 0.717) is 11.9 Å². The van der Waals surface area contributed by atoms with Gasteiger partial charge in [0.2, 0.25) is 0 Å². The van der Waals surface area contributed by atoms with Crippen molar-refractivity contribution in [3.05, 3.63) is 17.8 Å². The number of hydrogen-bond donors (Lipinski definition) is 3. The Kier molecular flexibility index (Phi) is 5.88. The topological polar surface area (TPSA) is 60.4 Å². The lowest BCUT2D eigenvalue weighted by Crippen LogP contribution is -2.25. The lowest BCUT2D eigenvalue weighted by molar-refractivity contribution is 0.383. The maximum Gasteiger partial charge on any atom is 0.149 e. The highest BCUT2D eigenvalue weighted by Gasteiger charge is 2.09. The summed E-state index contributed by atoms with van der Waals surface area (Å²) >= 11 is 0. The van der Waals surface area contributed by atoms with Crippen molar-refractivity contribution >= 4 is 11.5 Å². The van der Waals surface area contributed by atoms with Gasteiger partial charge >= 0.3 is 0 Å². The van der Waals surface area contributed by atoms with Gasteiger partial charge in [0.05, 0.1) is 11.4 Å². The molecule has 3 N–H and O–H groups in total. The molecule has 0 amide bonds. The normalized spacial score (nSPS) is 12.6. The Morgan fingerprint density at radius 3 is 2.61 bits per heavy atom. The summed E-state index contributed by atoms with van der Waals surface area (Å²) in [5.74, 6) is 0.472. The molecule has 1 rings (SSSR count). The predicted molar refractivity (Wildman–Crippen MR) is 75.3 cm³/mol. The number of aromatic nitrogens is 1. The number of nitrogens with zero attached hydrogens (tertiary/aromatic N) is 2. The van der Waals surface area contributed by atoms with E-state index in [1.54, 1.807) is 6.07 Å². The summed E-state index contributed by atoms with van der Waals surface area (Å²) in [7, 11) is 4.17. The number of pyridine rings is 1. The van der Waals surface area contributed by atoms with E-state index in [2.05, 4.69) is 41.7 Å². The molecule has 1 heterocycles. The molecular weight excluding hydrogens is 228 g/mol. The third-order valence-corrected chi connectivity index (χ3v) is 2.98. The molecule has 18 heavy (non-hydrogen) atoms. The second kappa shape index (κ2) is 7.18. The molecule has 0 spiro atoms. The zero-order valence-electron chi connectivity index (χ0n) is 11.7. The Morgan fingerprint density at radius 1 is 1.39 bits per heavy atom. The van der Waals surface area contributed by atoms with E-state index >= 15 is 0 Å². The maximum absolute atomic E-state index is 8.79. The average molecular weight is 252 g/mol. The summed E-state index contributed by atoms with van der Waals surface area (Å²) in [5, 5.41) is 12.3. The molecule has 1 aromatic heterocycles. The molecule has 1 atom stereocenters. The molecule has 0 aliphatic heterocycles. The van der Waals surface area contributed by atoms with Crippen LogP contribution >= 0.6 is 0 Å². The standard InChI is InChI=1S/C13H24N4O/c1-5-11(8-9-17(3)4)15-12-6-7-13(16-18)14-10(12)2/h6-7,11,15,18H,5,8-9H2,1-4H3,(H,14,16). The molecule has 0 saturated carbocycles. The molecule has 0 fully saturated rings. The fourth-order valence-corrected chi connectivity index (χ4v) is 1.79. The second-order valence-electron chi connectivity index (χ2n) is 4.78. The molecule has 1 aromatic rings. The van der Waals surface area contributed by atoms with Gasteiger partial charge in [-0.2, -0.15) is 0 Å². The van der Waals surface area contributed by atoms with Crippen molar-refractivity contribution in [2.45, 2.75) is 32.7 Å². The molecule has 0 aliphatic carbocycles. The molecule has 102 valence electrons. The highest BCUT2D eigenvalue weighted by atomic mass is 16.5. The first-order chi connectivity index (χ1) is 8.56. The fourth-order valence-electron chi connectivity index (χ4n) is 1.79. The SMILES string of the molecule is CCC(CCN(C)C)Nc1ccc(NO)nc1C. The van der Waals surface area contributed by atoms with Crippen LogP contribution in [0.2, 0.25) is 0 Å². The average Bonchev–Trinajstić information content (AvgIpc) is 2.35. The van der Waals surface area contributed by atoms with E-state index in [-0.39, 0.29) is 0 Å². The van der Waals surface area contributed by atoms with E-state index in [9.17, 15) is 0 Å². The van der Waals surface area contributed by atoms with Gasteiger partial charge in [0.1, 0.15) is 5.82 Å². The van der Waals surface area contributed by atoms with Gasteiger partial charge < -0.3 is 10.2 Å². The van der Waals surface area contributed by atoms with E-state index in [1.807, 2.05) is 13.0 Å². The van der Waals surface area contributed by atoms with Crippen LogP contribution < -0.4 is 10.8 Å². The van der Waals surface area contributed by atoms with Crippen LogP contribution in [0.5, 0.6) is 0 Å². The summed E-state index contributed by atoms with van der Waals surface area (Å²) in [6.07, 6.45) is 2.18. The van der Waals surface area contributed by atoms with Crippen LogP contribution in [0, 0.1) is 6.92 Å². The van der Waals surface area contributed by atoms with Crippen molar-refractivity contribution in [3.63, 3.8) is 0 Å². The minimum absolute atomic E-state index is 0.445. The van der Waals surface area contributed by atoms with Crippen LogP contribution in [0.15, 0.2) is 12.1 Å². The maximum atomic E-state index is 8.79. The van der Waals surface area contributed by atoms with Gasteiger partial charge in [-0.25, -0.2) is 4.98 Å². The van der Waals surface area contributed by atoms with Crippen LogP contribution in [0.3, 0.4) is 0 Å². The van der Waals surface area contributed by atoms with Crippen molar-refractivity contribution in [3.8, 4) is 0 Å². The highest BCUT2D eigenvalue weighted by Crippen LogP contribution is 2.18. The zero-order valence-corrected chi connectivity index (χ0v) is 11.7. The number of hydrogen-bond acceptors (Lipinski definition) is 5. The van der Waals surface area contributed by atoms with Gasteiger partial charge in [0.15, 0.2) is 0 Å². The Hall–Kier alpha value is -1.33. The van der Waals surface area contributed by atoms with Gasteiger partial charge in [0, 0.05) is 6.04 Å². The second-order valence-corrected chi connectivity index (χ2v) is 4.78. The smallest absolute Gasteiger partial charge is 0.149 e. The van der Waals surface area contributed by atoms with Crippen molar-refractivity contribution in [2.75, 3.05) is 31.4 Å². The molecule has 1 unspecified atom stereocenters. The largest absolute Gasteiger partial charge is 0.381 e. The van der Waals surface area contributed by atoms with Crippen molar-refractivity contribution in [1.29, 1.82) is 0 Å². The Bertz CT molecular complexity index is 368. The molecule has 5 nitrogen and oxygen atoms in total. The summed E-state index contributed by atoms with van der Waals surface area (Å²) in [6, 6.07) is 4.15. The van der Waals surface area contributed by atoms with Crippen LogP contribution in [0.25, 0.3) is 0 Å². The summed E-state index contributed by atoms with van der Waals surface area (Å²) < 4.78 is 0. The Morgan fingerprint density at radius 2 is 2.11 bits per heavy atom. The molecular formula is C13H24N4O. The number of nitrogens with one attached hydrogen (secondary N) is 2. The van der Waals surface area contributed by atoms with Crippen LogP contribution in [-0.2, 0) is 0 Å². The molecule has 0 saturated heterocycles. The highest BCUT2D eigenvalue weighted by molar-refractivity contribution is 5.52. The molecule has 0 radical (unpaired) electrons. The summed E-state index contributed by atoms with van der Waals surface area (Å²) in [4.78, 5) is 6.43. The zero-order chi connectivity index (χ0) is 13.5. The fraction of sp³-hybridized carbons (Fsp3) is 0.615. The number of anilines is 2. The number of rotatable bonds is 7. The lowest BCUT2D eigenvalue weighted by Gasteiger charge is -2.21. The van der Waals surface area contributed by atoms with Gasteiger partial charge in [-0.15, -0.1) is 0 Å². The van der Waals surface area contributed by atoms with Crippen LogP contribution in [0.4, 0.5) is 11.5 Å². The summed E-state index contributed by atoms with van der Waals surface area (Å²) in [6.45, 7) is 5.18. The monoisotopic (exact) mass is 252 g/mol. The van der Waals surface area contributed by atoms with Crippen molar-refractivity contribution in [2.24, 2.45) is 0 Å². The summed E-state index contributed by atoms with van der Waals surface area (Å²) in [5.41, 5.74) is 3.97. The van der Waals surface area contributed by atoms with Crippen molar-refractivity contribution < 1.29 is 5.21 Å². The third kappa shape index (κ3) is 4.50. The number of aryl methyl sites for hydroxylation is 1. The van der Waals surface area contributed by atoms with Crippen molar-refractivity contribution in [1.82, 2.24) is 9.88 Å². The first-order valence-electron chi connectivity index (χ1n) is 6.35. The van der Waals surface area contributed by atoms with Gasteiger partial charge in [-0.1, -0.05) is 6.92 Å². The minimum atomic E-state index is 0.445. The van der Waals surface area contributed by atoms with Gasteiger partial charge in [-0.3, -0.25) is 10.7 Å². The molecule has 0 bridgehead atoms. The minimum Gasteiger partial charge on any atom is -0.381 e. The lowest BCUT2D eigenvalue weighted by atomic mass is 10.1. The molecule has 0 aromatic carbocycles. The van der Waals surface area contributed by atoms with E-state index in [0.717, 1.165) is 30.8 Å². The quantitative estimate of drug-likeness (QED) is 0.650. The first-order valence-corrected chi connectivity index (χ1v) is 6.35.